The van der Waals surface area contributed by atoms with Crippen LogP contribution in [0.1, 0.15) is 31.2 Å². The molecule has 0 bridgehead atoms. The number of aliphatic imine (C=N–C) groups is 1. The van der Waals surface area contributed by atoms with E-state index in [0.29, 0.717) is 6.42 Å². The summed E-state index contributed by atoms with van der Waals surface area (Å²) in [4.78, 5) is 4.43. The summed E-state index contributed by atoms with van der Waals surface area (Å²) in [6, 6.07) is 3.39. The third-order valence-electron chi connectivity index (χ3n) is 3.09. The minimum absolute atomic E-state index is 0.108. The number of nitrogens with zero attached hydrogens (tertiary/aromatic N) is 1. The number of hydrogen-bond acceptors (Lipinski definition) is 3. The van der Waals surface area contributed by atoms with E-state index in [4.69, 9.17) is 23.2 Å². The largest absolute Gasteiger partial charge is 0.505 e. The Hall–Kier alpha value is -0.770. The van der Waals surface area contributed by atoms with E-state index in [1.807, 2.05) is 0 Å². The van der Waals surface area contributed by atoms with Crippen molar-refractivity contribution in [2.75, 3.05) is 0 Å². The zero-order valence-corrected chi connectivity index (χ0v) is 11.3. The molecule has 2 N–H and O–H groups in total. The number of halogens is 2. The highest BCUT2D eigenvalue weighted by molar-refractivity contribution is 6.37. The van der Waals surface area contributed by atoms with E-state index in [2.05, 4.69) is 4.99 Å². The molecule has 5 heteroatoms. The van der Waals surface area contributed by atoms with Gasteiger partial charge in [-0.3, -0.25) is 4.99 Å². The van der Waals surface area contributed by atoms with E-state index in [-0.39, 0.29) is 27.9 Å². The van der Waals surface area contributed by atoms with Gasteiger partial charge in [-0.2, -0.15) is 0 Å². The molecule has 1 aliphatic rings. The molecule has 1 fully saturated rings. The lowest BCUT2D eigenvalue weighted by molar-refractivity contribution is 0.121. The monoisotopic (exact) mass is 287 g/mol. The van der Waals surface area contributed by atoms with Crippen molar-refractivity contribution in [2.24, 2.45) is 4.99 Å². The van der Waals surface area contributed by atoms with E-state index in [1.165, 1.54) is 0 Å². The Balaban J connectivity index is 2.09. The number of rotatable bonds is 2. The summed E-state index contributed by atoms with van der Waals surface area (Å²) < 4.78 is 0. The van der Waals surface area contributed by atoms with Crippen molar-refractivity contribution in [2.45, 2.75) is 37.8 Å². The number of benzene rings is 1. The Kier molecular flexibility index (Phi) is 4.49. The second-order valence-corrected chi connectivity index (χ2v) is 5.40. The van der Waals surface area contributed by atoms with Gasteiger partial charge in [0.15, 0.2) is 5.75 Å². The number of aromatic hydroxyl groups is 1. The number of phenolic OH excluding ortho intramolecular Hbond substituents is 1. The van der Waals surface area contributed by atoms with Crippen LogP contribution in [0.25, 0.3) is 0 Å². The average molecular weight is 288 g/mol. The predicted molar refractivity (Wildman–Crippen MR) is 74.0 cm³/mol. The van der Waals surface area contributed by atoms with Gasteiger partial charge in [0.2, 0.25) is 0 Å². The molecule has 3 nitrogen and oxygen atoms in total. The summed E-state index contributed by atoms with van der Waals surface area (Å²) in [5.74, 6) is -0.108. The van der Waals surface area contributed by atoms with Gasteiger partial charge >= 0.3 is 0 Å². The van der Waals surface area contributed by atoms with Gasteiger partial charge in [0, 0.05) is 6.21 Å². The summed E-state index contributed by atoms with van der Waals surface area (Å²) in [6.07, 6.45) is 5.01. The van der Waals surface area contributed by atoms with E-state index in [0.717, 1.165) is 24.8 Å². The molecular weight excluding hydrogens is 273 g/mol. The Bertz CT molecular complexity index is 439. The van der Waals surface area contributed by atoms with Crippen LogP contribution in [0.2, 0.25) is 10.0 Å². The fourth-order valence-electron chi connectivity index (χ4n) is 2.13. The minimum Gasteiger partial charge on any atom is -0.505 e. The highest BCUT2D eigenvalue weighted by Gasteiger charge is 2.18. The number of phenols is 1. The molecule has 2 atom stereocenters. The maximum atomic E-state index is 9.55. The molecule has 0 spiro atoms. The first kappa shape index (κ1) is 13.7. The van der Waals surface area contributed by atoms with Gasteiger partial charge in [0.05, 0.1) is 22.2 Å². The molecule has 0 saturated heterocycles. The number of aliphatic hydroxyl groups excluding tert-OH is 1. The molecular formula is C13H15Cl2NO2. The van der Waals surface area contributed by atoms with Gasteiger partial charge in [-0.1, -0.05) is 23.2 Å². The van der Waals surface area contributed by atoms with Crippen molar-refractivity contribution in [3.63, 3.8) is 0 Å². The van der Waals surface area contributed by atoms with E-state index < -0.39 is 0 Å². The Morgan fingerprint density at radius 3 is 2.50 bits per heavy atom. The number of aliphatic hydroxyl groups is 1. The van der Waals surface area contributed by atoms with Gasteiger partial charge in [-0.15, -0.1) is 0 Å². The molecule has 0 aliphatic heterocycles. The third kappa shape index (κ3) is 3.37. The standard InChI is InChI=1S/C13H15Cl2NO2/c14-11-4-8(5-12(15)13(11)18)7-16-9-2-1-3-10(17)6-9/h4-5,7,9-10,17-18H,1-3,6H2/t9-,10+/m0/s1. The molecule has 0 amide bonds. The molecule has 0 radical (unpaired) electrons. The van der Waals surface area contributed by atoms with E-state index in [9.17, 15) is 10.2 Å². The highest BCUT2D eigenvalue weighted by atomic mass is 35.5. The first-order valence-corrected chi connectivity index (χ1v) is 6.71. The molecule has 1 saturated carbocycles. The summed E-state index contributed by atoms with van der Waals surface area (Å²) in [5, 5.41) is 19.4. The summed E-state index contributed by atoms with van der Waals surface area (Å²) in [7, 11) is 0. The first-order valence-electron chi connectivity index (χ1n) is 5.95. The van der Waals surface area contributed by atoms with Crippen LogP contribution in [0, 0.1) is 0 Å². The van der Waals surface area contributed by atoms with Gasteiger partial charge < -0.3 is 10.2 Å². The maximum Gasteiger partial charge on any atom is 0.152 e. The van der Waals surface area contributed by atoms with Crippen LogP contribution in [-0.4, -0.2) is 28.6 Å². The molecule has 18 heavy (non-hydrogen) atoms. The molecule has 0 unspecified atom stereocenters. The van der Waals surface area contributed by atoms with Gasteiger partial charge in [0.1, 0.15) is 0 Å². The van der Waals surface area contributed by atoms with Gasteiger partial charge in [0.25, 0.3) is 0 Å². The second-order valence-electron chi connectivity index (χ2n) is 4.59. The van der Waals surface area contributed by atoms with Crippen LogP contribution < -0.4 is 0 Å². The lowest BCUT2D eigenvalue weighted by Gasteiger charge is -2.22. The van der Waals surface area contributed by atoms with Crippen LogP contribution in [0.5, 0.6) is 5.75 Å². The topological polar surface area (TPSA) is 52.8 Å². The van der Waals surface area contributed by atoms with Crippen LogP contribution in [-0.2, 0) is 0 Å². The van der Waals surface area contributed by atoms with E-state index in [1.54, 1.807) is 18.3 Å². The SMILES string of the molecule is Oc1c(Cl)cc(C=N[C@H]2CCC[C@@H](O)C2)cc1Cl. The lowest BCUT2D eigenvalue weighted by atomic mass is 9.93. The first-order chi connectivity index (χ1) is 8.56. The fraction of sp³-hybridized carbons (Fsp3) is 0.462. The molecule has 1 aliphatic carbocycles. The summed E-state index contributed by atoms with van der Waals surface area (Å²) in [6.45, 7) is 0. The predicted octanol–water partition coefficient (Wildman–Crippen LogP) is 3.42. The Morgan fingerprint density at radius 2 is 1.89 bits per heavy atom. The van der Waals surface area contributed by atoms with E-state index >= 15 is 0 Å². The van der Waals surface area contributed by atoms with Crippen molar-refractivity contribution in [1.29, 1.82) is 0 Å². The third-order valence-corrected chi connectivity index (χ3v) is 3.67. The van der Waals surface area contributed by atoms with Crippen molar-refractivity contribution >= 4 is 29.4 Å². The van der Waals surface area contributed by atoms with Crippen LogP contribution in [0.4, 0.5) is 0 Å². The normalized spacial score (nSPS) is 24.6. The molecule has 2 rings (SSSR count). The van der Waals surface area contributed by atoms with Gasteiger partial charge in [-0.25, -0.2) is 0 Å². The lowest BCUT2D eigenvalue weighted by Crippen LogP contribution is -2.22. The Labute approximate surface area is 116 Å². The molecule has 1 aromatic carbocycles. The van der Waals surface area contributed by atoms with Crippen molar-refractivity contribution in [1.82, 2.24) is 0 Å². The summed E-state index contributed by atoms with van der Waals surface area (Å²) >= 11 is 11.7. The van der Waals surface area contributed by atoms with Crippen LogP contribution in [0.15, 0.2) is 17.1 Å². The minimum atomic E-state index is -0.243. The molecule has 98 valence electrons. The Morgan fingerprint density at radius 1 is 1.22 bits per heavy atom. The van der Waals surface area contributed by atoms with Crippen molar-refractivity contribution in [3.8, 4) is 5.75 Å². The number of hydrogen-bond donors (Lipinski definition) is 2. The fourth-order valence-corrected chi connectivity index (χ4v) is 2.63. The van der Waals surface area contributed by atoms with Crippen molar-refractivity contribution < 1.29 is 10.2 Å². The highest BCUT2D eigenvalue weighted by Crippen LogP contribution is 2.32. The smallest absolute Gasteiger partial charge is 0.152 e. The quantitative estimate of drug-likeness (QED) is 0.819. The second kappa shape index (κ2) is 5.91. The average Bonchev–Trinajstić information content (AvgIpc) is 2.33. The zero-order valence-electron chi connectivity index (χ0n) is 9.81. The molecule has 0 aromatic heterocycles. The molecule has 1 aromatic rings. The van der Waals surface area contributed by atoms with Gasteiger partial charge in [-0.05, 0) is 43.4 Å². The zero-order chi connectivity index (χ0) is 13.1. The maximum absolute atomic E-state index is 9.55. The summed E-state index contributed by atoms with van der Waals surface area (Å²) in [5.41, 5.74) is 0.753. The van der Waals surface area contributed by atoms with Crippen LogP contribution in [0.3, 0.4) is 0 Å². The van der Waals surface area contributed by atoms with Crippen molar-refractivity contribution in [3.05, 3.63) is 27.7 Å². The van der Waals surface area contributed by atoms with Crippen LogP contribution >= 0.6 is 23.2 Å². The molecule has 0 heterocycles.